The molecule has 1 heterocycles. The van der Waals surface area contributed by atoms with Gasteiger partial charge in [-0.2, -0.15) is 18.3 Å². The number of rotatable bonds is 6. The summed E-state index contributed by atoms with van der Waals surface area (Å²) in [5.74, 6) is -0.576. The van der Waals surface area contributed by atoms with E-state index in [4.69, 9.17) is 0 Å². The molecule has 0 bridgehead atoms. The summed E-state index contributed by atoms with van der Waals surface area (Å²) in [5, 5.41) is 3.92. The Morgan fingerprint density at radius 1 is 0.853 bits per heavy atom. The summed E-state index contributed by atoms with van der Waals surface area (Å²) in [6.45, 7) is 0.150. The van der Waals surface area contributed by atoms with Crippen LogP contribution in [0.25, 0.3) is 22.4 Å². The Kier molecular flexibility index (Phi) is 6.31. The van der Waals surface area contributed by atoms with E-state index < -0.39 is 27.5 Å². The van der Waals surface area contributed by atoms with Gasteiger partial charge in [0.2, 0.25) is 0 Å². The number of nitrogens with zero attached hydrogens (tertiary/aromatic N) is 2. The lowest BCUT2D eigenvalue weighted by atomic mass is 9.98. The lowest BCUT2D eigenvalue weighted by molar-refractivity contribution is -0.141. The standard InChI is InChI=1S/C25H20F4N2O2S/c1-34(32,33)21-13-9-19(10-14-21)23-22(18-7-11-20(26)12-8-18)24(25(27,28)29)30-31(23)16-15-17-5-3-2-4-6-17/h2-14H,15-16H2,1H3. The minimum absolute atomic E-state index is 0.0472. The van der Waals surface area contributed by atoms with Crippen LogP contribution in [0.2, 0.25) is 0 Å². The highest BCUT2D eigenvalue weighted by Crippen LogP contribution is 2.42. The number of halogens is 4. The molecule has 4 rings (SSSR count). The van der Waals surface area contributed by atoms with Crippen molar-refractivity contribution in [1.82, 2.24) is 9.78 Å². The Labute approximate surface area is 194 Å². The number of alkyl halides is 3. The van der Waals surface area contributed by atoms with Crippen molar-refractivity contribution in [2.75, 3.05) is 6.26 Å². The molecular formula is C25H20F4N2O2S. The van der Waals surface area contributed by atoms with E-state index >= 15 is 0 Å². The van der Waals surface area contributed by atoms with Crippen molar-refractivity contribution in [3.8, 4) is 22.4 Å². The molecule has 0 saturated heterocycles. The van der Waals surface area contributed by atoms with E-state index in [0.29, 0.717) is 12.0 Å². The highest BCUT2D eigenvalue weighted by molar-refractivity contribution is 7.90. The normalized spacial score (nSPS) is 12.1. The smallest absolute Gasteiger partial charge is 0.263 e. The molecule has 0 atom stereocenters. The van der Waals surface area contributed by atoms with E-state index in [9.17, 15) is 26.0 Å². The van der Waals surface area contributed by atoms with Crippen LogP contribution in [0.5, 0.6) is 0 Å². The van der Waals surface area contributed by atoms with Gasteiger partial charge >= 0.3 is 6.18 Å². The van der Waals surface area contributed by atoms with Gasteiger partial charge in [0.05, 0.1) is 10.6 Å². The molecule has 0 radical (unpaired) electrons. The zero-order chi connectivity index (χ0) is 24.5. The molecule has 0 aliphatic heterocycles. The van der Waals surface area contributed by atoms with E-state index in [0.717, 1.165) is 24.0 Å². The van der Waals surface area contributed by atoms with Gasteiger partial charge in [0.15, 0.2) is 15.5 Å². The van der Waals surface area contributed by atoms with E-state index in [1.165, 1.54) is 41.1 Å². The number of hydrogen-bond donors (Lipinski definition) is 0. The second-order valence-corrected chi connectivity index (χ2v) is 9.85. The summed E-state index contributed by atoms with van der Waals surface area (Å²) in [4.78, 5) is 0.0472. The molecule has 176 valence electrons. The Balaban J connectivity index is 1.92. The van der Waals surface area contributed by atoms with E-state index in [-0.39, 0.29) is 28.3 Å². The predicted molar refractivity (Wildman–Crippen MR) is 121 cm³/mol. The van der Waals surface area contributed by atoms with Crippen molar-refractivity contribution in [1.29, 1.82) is 0 Å². The van der Waals surface area contributed by atoms with Gasteiger partial charge in [0.25, 0.3) is 0 Å². The predicted octanol–water partition coefficient (Wildman–Crippen LogP) is 6.02. The maximum atomic E-state index is 14.1. The molecule has 0 aliphatic carbocycles. The zero-order valence-electron chi connectivity index (χ0n) is 18.1. The average Bonchev–Trinajstić information content (AvgIpc) is 3.18. The summed E-state index contributed by atoms with van der Waals surface area (Å²) >= 11 is 0. The van der Waals surface area contributed by atoms with Crippen LogP contribution in [-0.4, -0.2) is 24.5 Å². The van der Waals surface area contributed by atoms with Crippen molar-refractivity contribution in [3.05, 3.63) is 95.9 Å². The first-order valence-electron chi connectivity index (χ1n) is 10.3. The van der Waals surface area contributed by atoms with Gasteiger partial charge in [-0.15, -0.1) is 0 Å². The summed E-state index contributed by atoms with van der Waals surface area (Å²) in [6.07, 6.45) is -3.28. The van der Waals surface area contributed by atoms with Gasteiger partial charge in [-0.25, -0.2) is 12.8 Å². The van der Waals surface area contributed by atoms with E-state index in [1.807, 2.05) is 30.3 Å². The van der Waals surface area contributed by atoms with Gasteiger partial charge in [-0.05, 0) is 41.8 Å². The summed E-state index contributed by atoms with van der Waals surface area (Å²) < 4.78 is 80.8. The molecule has 0 aliphatic rings. The molecule has 9 heteroatoms. The minimum Gasteiger partial charge on any atom is -0.263 e. The van der Waals surface area contributed by atoms with Crippen LogP contribution in [-0.2, 0) is 29.0 Å². The van der Waals surface area contributed by atoms with Gasteiger partial charge in [0, 0.05) is 23.9 Å². The van der Waals surface area contributed by atoms with Gasteiger partial charge in [-0.1, -0.05) is 54.6 Å². The maximum absolute atomic E-state index is 14.1. The SMILES string of the molecule is CS(=O)(=O)c1ccc(-c2c(-c3ccc(F)cc3)c(C(F)(F)F)nn2CCc2ccccc2)cc1. The number of sulfone groups is 1. The lowest BCUT2D eigenvalue weighted by Gasteiger charge is -2.12. The highest BCUT2D eigenvalue weighted by Gasteiger charge is 2.40. The number of aryl methyl sites for hydroxylation is 2. The highest BCUT2D eigenvalue weighted by atomic mass is 32.2. The van der Waals surface area contributed by atoms with E-state index in [2.05, 4.69) is 5.10 Å². The number of hydrogen-bond acceptors (Lipinski definition) is 3. The van der Waals surface area contributed by atoms with Crippen molar-refractivity contribution in [2.45, 2.75) is 24.0 Å². The summed E-state index contributed by atoms with van der Waals surface area (Å²) in [5.41, 5.74) is 0.342. The third-order valence-corrected chi connectivity index (χ3v) is 6.49. The minimum atomic E-state index is -4.76. The van der Waals surface area contributed by atoms with Crippen LogP contribution >= 0.6 is 0 Å². The average molecular weight is 489 g/mol. The lowest BCUT2D eigenvalue weighted by Crippen LogP contribution is -2.10. The molecule has 3 aromatic carbocycles. The van der Waals surface area contributed by atoms with Crippen LogP contribution in [0.4, 0.5) is 17.6 Å². The maximum Gasteiger partial charge on any atom is 0.435 e. The van der Waals surface area contributed by atoms with Crippen molar-refractivity contribution in [2.24, 2.45) is 0 Å². The fourth-order valence-electron chi connectivity index (χ4n) is 3.75. The Morgan fingerprint density at radius 2 is 1.44 bits per heavy atom. The van der Waals surface area contributed by atoms with Gasteiger partial charge in [0.1, 0.15) is 5.82 Å². The van der Waals surface area contributed by atoms with E-state index in [1.54, 1.807) is 0 Å². The zero-order valence-corrected chi connectivity index (χ0v) is 18.9. The molecule has 34 heavy (non-hydrogen) atoms. The molecule has 0 saturated carbocycles. The summed E-state index contributed by atoms with van der Waals surface area (Å²) in [6, 6.07) is 19.6. The van der Waals surface area contributed by atoms with Crippen LogP contribution in [0.3, 0.4) is 0 Å². The molecule has 0 N–H and O–H groups in total. The van der Waals surface area contributed by atoms with Gasteiger partial charge < -0.3 is 0 Å². The van der Waals surface area contributed by atoms with Crippen LogP contribution in [0.15, 0.2) is 83.8 Å². The first-order valence-corrected chi connectivity index (χ1v) is 12.2. The molecule has 0 amide bonds. The molecule has 0 fully saturated rings. The van der Waals surface area contributed by atoms with Gasteiger partial charge in [-0.3, -0.25) is 4.68 Å². The number of benzene rings is 3. The molecule has 0 spiro atoms. The monoisotopic (exact) mass is 488 g/mol. The second-order valence-electron chi connectivity index (χ2n) is 7.83. The van der Waals surface area contributed by atoms with Crippen LogP contribution in [0.1, 0.15) is 11.3 Å². The van der Waals surface area contributed by atoms with Crippen molar-refractivity contribution >= 4 is 9.84 Å². The first kappa shape index (κ1) is 23.7. The Bertz CT molecular complexity index is 1390. The quantitative estimate of drug-likeness (QED) is 0.312. The topological polar surface area (TPSA) is 52.0 Å². The molecule has 1 aromatic heterocycles. The van der Waals surface area contributed by atoms with Crippen molar-refractivity contribution < 1.29 is 26.0 Å². The third-order valence-electron chi connectivity index (χ3n) is 5.36. The largest absolute Gasteiger partial charge is 0.435 e. The fourth-order valence-corrected chi connectivity index (χ4v) is 4.38. The Hall–Kier alpha value is -3.46. The molecule has 4 aromatic rings. The van der Waals surface area contributed by atoms with Crippen molar-refractivity contribution in [3.63, 3.8) is 0 Å². The Morgan fingerprint density at radius 3 is 2.00 bits per heavy atom. The third kappa shape index (κ3) is 5.04. The molecule has 0 unspecified atom stereocenters. The molecule has 4 nitrogen and oxygen atoms in total. The van der Waals surface area contributed by atoms with Crippen LogP contribution < -0.4 is 0 Å². The fraction of sp³-hybridized carbons (Fsp3) is 0.160. The summed E-state index contributed by atoms with van der Waals surface area (Å²) in [7, 11) is -3.49. The molecular weight excluding hydrogens is 468 g/mol. The number of aromatic nitrogens is 2. The first-order chi connectivity index (χ1) is 16.0. The second kappa shape index (κ2) is 9.06. The van der Waals surface area contributed by atoms with Crippen LogP contribution in [0, 0.1) is 5.82 Å².